The maximum Gasteiger partial charge on any atom is 0.144 e. The lowest BCUT2D eigenvalue weighted by atomic mass is 10.2. The summed E-state index contributed by atoms with van der Waals surface area (Å²) in [4.78, 5) is 8.27. The van der Waals surface area contributed by atoms with Gasteiger partial charge in [0, 0.05) is 17.8 Å². The second-order valence-electron chi connectivity index (χ2n) is 3.51. The van der Waals surface area contributed by atoms with E-state index in [1.807, 2.05) is 24.3 Å². The third-order valence-electron chi connectivity index (χ3n) is 2.31. The van der Waals surface area contributed by atoms with Crippen molar-refractivity contribution in [3.63, 3.8) is 0 Å². The number of nitrogens with one attached hydrogen (secondary N) is 1. The summed E-state index contributed by atoms with van der Waals surface area (Å²) >= 11 is 6.06. The molecule has 0 aliphatic carbocycles. The van der Waals surface area contributed by atoms with Crippen molar-refractivity contribution in [2.45, 2.75) is 13.1 Å². The lowest BCUT2D eigenvalue weighted by molar-refractivity contribution is 0.904. The number of halogens is 1. The third-order valence-corrected chi connectivity index (χ3v) is 2.67. The molecule has 17 heavy (non-hydrogen) atoms. The van der Waals surface area contributed by atoms with Crippen molar-refractivity contribution >= 4 is 17.4 Å². The molecule has 0 aliphatic rings. The Kier molecular flexibility index (Phi) is 3.90. The predicted molar refractivity (Wildman–Crippen MR) is 68.7 cm³/mol. The average molecular weight is 249 g/mol. The van der Waals surface area contributed by atoms with Gasteiger partial charge in [-0.15, -0.1) is 0 Å². The van der Waals surface area contributed by atoms with Gasteiger partial charge in [-0.3, -0.25) is 0 Å². The number of hydrogen-bond acceptors (Lipinski definition) is 4. The summed E-state index contributed by atoms with van der Waals surface area (Å²) in [5, 5.41) is 3.93. The molecule has 1 heterocycles. The number of aromatic nitrogens is 2. The smallest absolute Gasteiger partial charge is 0.144 e. The summed E-state index contributed by atoms with van der Waals surface area (Å²) in [6.07, 6.45) is 1.68. The van der Waals surface area contributed by atoms with Crippen molar-refractivity contribution < 1.29 is 0 Å². The normalized spacial score (nSPS) is 10.2. The molecule has 0 bridgehead atoms. The van der Waals surface area contributed by atoms with Crippen LogP contribution in [0.25, 0.3) is 0 Å². The Morgan fingerprint density at radius 3 is 2.82 bits per heavy atom. The van der Waals surface area contributed by atoms with E-state index in [1.165, 1.54) is 0 Å². The fourth-order valence-electron chi connectivity index (χ4n) is 1.42. The summed E-state index contributed by atoms with van der Waals surface area (Å²) in [7, 11) is 0. The van der Waals surface area contributed by atoms with E-state index in [2.05, 4.69) is 15.3 Å². The average Bonchev–Trinajstić information content (AvgIpc) is 2.38. The molecule has 88 valence electrons. The molecule has 1 aromatic heterocycles. The zero-order valence-electron chi connectivity index (χ0n) is 9.23. The van der Waals surface area contributed by atoms with E-state index in [4.69, 9.17) is 17.3 Å². The number of hydrogen-bond donors (Lipinski definition) is 2. The summed E-state index contributed by atoms with van der Waals surface area (Å²) in [6.45, 7) is 0.961. The van der Waals surface area contributed by atoms with Crippen LogP contribution in [0, 0.1) is 0 Å². The van der Waals surface area contributed by atoms with Gasteiger partial charge >= 0.3 is 0 Å². The highest BCUT2D eigenvalue weighted by molar-refractivity contribution is 6.31. The van der Waals surface area contributed by atoms with Crippen molar-refractivity contribution in [3.05, 3.63) is 52.9 Å². The first kappa shape index (κ1) is 11.8. The molecule has 0 saturated carbocycles. The van der Waals surface area contributed by atoms with Crippen LogP contribution in [0.3, 0.4) is 0 Å². The van der Waals surface area contributed by atoms with Gasteiger partial charge in [-0.25, -0.2) is 9.97 Å². The molecule has 5 heteroatoms. The Hall–Kier alpha value is -1.65. The molecule has 1 aromatic carbocycles. The van der Waals surface area contributed by atoms with E-state index < -0.39 is 0 Å². The van der Waals surface area contributed by atoms with Crippen molar-refractivity contribution in [1.82, 2.24) is 9.97 Å². The molecule has 0 spiro atoms. The number of nitrogens with two attached hydrogens (primary N) is 1. The molecule has 0 fully saturated rings. The Balaban J connectivity index is 2.05. The zero-order chi connectivity index (χ0) is 12.1. The molecule has 0 atom stereocenters. The topological polar surface area (TPSA) is 63.8 Å². The summed E-state index contributed by atoms with van der Waals surface area (Å²) < 4.78 is 0. The number of benzene rings is 1. The van der Waals surface area contributed by atoms with Crippen LogP contribution in [0.4, 0.5) is 5.82 Å². The maximum absolute atomic E-state index is 6.06. The number of anilines is 1. The van der Waals surface area contributed by atoms with Gasteiger partial charge in [-0.05, 0) is 17.7 Å². The van der Waals surface area contributed by atoms with Crippen LogP contribution in [0.5, 0.6) is 0 Å². The van der Waals surface area contributed by atoms with E-state index in [0.29, 0.717) is 18.9 Å². The van der Waals surface area contributed by atoms with Gasteiger partial charge in [0.25, 0.3) is 0 Å². The van der Waals surface area contributed by atoms with Gasteiger partial charge in [-0.1, -0.05) is 29.8 Å². The first-order chi connectivity index (χ1) is 8.29. The van der Waals surface area contributed by atoms with Gasteiger partial charge in [0.05, 0.1) is 6.54 Å². The minimum Gasteiger partial charge on any atom is -0.366 e. The van der Waals surface area contributed by atoms with Gasteiger partial charge in [0.1, 0.15) is 11.6 Å². The van der Waals surface area contributed by atoms with Crippen molar-refractivity contribution in [3.8, 4) is 0 Å². The van der Waals surface area contributed by atoms with Crippen LogP contribution in [0.1, 0.15) is 11.4 Å². The van der Waals surface area contributed by atoms with E-state index in [9.17, 15) is 0 Å². The fourth-order valence-corrected chi connectivity index (χ4v) is 1.63. The van der Waals surface area contributed by atoms with Crippen molar-refractivity contribution in [2.24, 2.45) is 5.73 Å². The lowest BCUT2D eigenvalue weighted by Crippen LogP contribution is -2.07. The largest absolute Gasteiger partial charge is 0.366 e. The second kappa shape index (κ2) is 5.61. The van der Waals surface area contributed by atoms with Gasteiger partial charge in [0.2, 0.25) is 0 Å². The molecular formula is C12H13ClN4. The highest BCUT2D eigenvalue weighted by Gasteiger charge is 2.00. The molecule has 4 nitrogen and oxygen atoms in total. The molecule has 0 aliphatic heterocycles. The Morgan fingerprint density at radius 2 is 2.06 bits per heavy atom. The maximum atomic E-state index is 6.06. The van der Waals surface area contributed by atoms with Crippen LogP contribution in [-0.2, 0) is 13.1 Å². The molecule has 3 N–H and O–H groups in total. The fraction of sp³-hybridized carbons (Fsp3) is 0.167. The van der Waals surface area contributed by atoms with Crippen LogP contribution >= 0.6 is 11.6 Å². The Labute approximate surface area is 105 Å². The van der Waals surface area contributed by atoms with E-state index >= 15 is 0 Å². The minimum atomic E-state index is 0.335. The summed E-state index contributed by atoms with van der Waals surface area (Å²) in [5.41, 5.74) is 6.51. The SMILES string of the molecule is NCc1nccc(NCc2ccccc2Cl)n1. The number of nitrogens with zero attached hydrogens (tertiary/aromatic N) is 2. The number of rotatable bonds is 4. The molecule has 2 aromatic rings. The molecule has 2 rings (SSSR count). The third kappa shape index (κ3) is 3.15. The molecule has 0 unspecified atom stereocenters. The second-order valence-corrected chi connectivity index (χ2v) is 3.91. The lowest BCUT2D eigenvalue weighted by Gasteiger charge is -2.07. The molecule has 0 saturated heterocycles. The van der Waals surface area contributed by atoms with E-state index in [1.54, 1.807) is 12.3 Å². The predicted octanol–water partition coefficient (Wildman–Crippen LogP) is 2.20. The van der Waals surface area contributed by atoms with Gasteiger partial charge in [0.15, 0.2) is 0 Å². The Bertz CT molecular complexity index is 501. The van der Waals surface area contributed by atoms with Crippen LogP contribution in [0.15, 0.2) is 36.5 Å². The molecule has 0 amide bonds. The first-order valence-electron chi connectivity index (χ1n) is 5.29. The van der Waals surface area contributed by atoms with Gasteiger partial charge in [-0.2, -0.15) is 0 Å². The van der Waals surface area contributed by atoms with Crippen LogP contribution in [-0.4, -0.2) is 9.97 Å². The van der Waals surface area contributed by atoms with Crippen molar-refractivity contribution in [1.29, 1.82) is 0 Å². The zero-order valence-corrected chi connectivity index (χ0v) is 9.98. The summed E-state index contributed by atoms with van der Waals surface area (Å²) in [5.74, 6) is 1.37. The quantitative estimate of drug-likeness (QED) is 0.871. The highest BCUT2D eigenvalue weighted by atomic mass is 35.5. The van der Waals surface area contributed by atoms with Crippen molar-refractivity contribution in [2.75, 3.05) is 5.32 Å². The molecular weight excluding hydrogens is 236 g/mol. The Morgan fingerprint density at radius 1 is 1.24 bits per heavy atom. The van der Waals surface area contributed by atoms with Crippen LogP contribution < -0.4 is 11.1 Å². The summed E-state index contributed by atoms with van der Waals surface area (Å²) in [6, 6.07) is 9.50. The van der Waals surface area contributed by atoms with Crippen LogP contribution in [0.2, 0.25) is 5.02 Å². The standard InChI is InChI=1S/C12H13ClN4/c13-10-4-2-1-3-9(10)8-16-11-5-6-15-12(7-14)17-11/h1-6H,7-8,14H2,(H,15,16,17). The van der Waals surface area contributed by atoms with Gasteiger partial charge < -0.3 is 11.1 Å². The first-order valence-corrected chi connectivity index (χ1v) is 5.66. The monoisotopic (exact) mass is 248 g/mol. The highest BCUT2D eigenvalue weighted by Crippen LogP contribution is 2.16. The molecule has 0 radical (unpaired) electrons. The van der Waals surface area contributed by atoms with E-state index in [-0.39, 0.29) is 0 Å². The van der Waals surface area contributed by atoms with E-state index in [0.717, 1.165) is 16.4 Å². The minimum absolute atomic E-state index is 0.335.